The molecule has 288 valence electrons. The van der Waals surface area contributed by atoms with Gasteiger partial charge in [-0.25, -0.2) is 0 Å². The molecule has 0 amide bonds. The normalized spacial score (nSPS) is 11.7. The molecular formula is C59H37N3. The van der Waals surface area contributed by atoms with Gasteiger partial charge in [0, 0.05) is 33.8 Å². The van der Waals surface area contributed by atoms with Crippen LogP contribution in [0.4, 0.5) is 5.69 Å². The maximum atomic E-state index is 9.90. The Morgan fingerprint density at radius 1 is 0.387 bits per heavy atom. The third-order valence-corrected chi connectivity index (χ3v) is 12.8. The molecule has 0 radical (unpaired) electrons. The molecule has 0 aliphatic carbocycles. The van der Waals surface area contributed by atoms with Crippen molar-refractivity contribution in [3.8, 4) is 33.4 Å². The molecule has 11 aromatic carbocycles. The molecule has 0 saturated heterocycles. The van der Waals surface area contributed by atoms with Crippen LogP contribution < -0.4 is 0 Å². The Bertz CT molecular complexity index is 3770. The number of hydrogen-bond donors (Lipinski definition) is 1. The maximum absolute atomic E-state index is 9.90. The van der Waals surface area contributed by atoms with Gasteiger partial charge in [-0.15, -0.1) is 0 Å². The topological polar surface area (TPSA) is 49.1 Å². The van der Waals surface area contributed by atoms with E-state index in [4.69, 9.17) is 9.98 Å². The van der Waals surface area contributed by atoms with Crippen molar-refractivity contribution in [1.82, 2.24) is 4.98 Å². The lowest BCUT2D eigenvalue weighted by Gasteiger charge is -2.18. The zero-order valence-electron chi connectivity index (χ0n) is 33.7. The minimum atomic E-state index is 0.382. The number of aliphatic imine (C=N–C) groups is 1. The van der Waals surface area contributed by atoms with E-state index in [1.165, 1.54) is 64.6 Å². The van der Waals surface area contributed by atoms with E-state index in [2.05, 4.69) is 189 Å². The summed E-state index contributed by atoms with van der Waals surface area (Å²) in [5, 5.41) is 25.6. The molecule has 1 heterocycles. The first kappa shape index (κ1) is 35.7. The van der Waals surface area contributed by atoms with E-state index in [1.54, 1.807) is 0 Å². The molecule has 0 spiro atoms. The van der Waals surface area contributed by atoms with Gasteiger partial charge < -0.3 is 0 Å². The Morgan fingerprint density at radius 2 is 0.855 bits per heavy atom. The first-order chi connectivity index (χ1) is 30.6. The van der Waals surface area contributed by atoms with Gasteiger partial charge >= 0.3 is 0 Å². The van der Waals surface area contributed by atoms with Crippen molar-refractivity contribution in [3.05, 3.63) is 218 Å². The molecule has 1 N–H and O–H groups in total. The minimum Gasteiger partial charge on any atom is -0.300 e. The van der Waals surface area contributed by atoms with E-state index in [0.29, 0.717) is 11.4 Å². The predicted octanol–water partition coefficient (Wildman–Crippen LogP) is 15.9. The van der Waals surface area contributed by atoms with E-state index in [-0.39, 0.29) is 0 Å². The number of hydrogen-bond acceptors (Lipinski definition) is 3. The van der Waals surface area contributed by atoms with Gasteiger partial charge in [-0.2, -0.15) is 0 Å². The molecule has 3 heteroatoms. The molecule has 0 atom stereocenters. The van der Waals surface area contributed by atoms with Gasteiger partial charge in [-0.05, 0) is 124 Å². The number of pyridine rings is 1. The van der Waals surface area contributed by atoms with Crippen LogP contribution in [-0.4, -0.2) is 17.4 Å². The highest BCUT2D eigenvalue weighted by atomic mass is 14.7. The molecule has 0 bridgehead atoms. The molecule has 12 aromatic rings. The zero-order chi connectivity index (χ0) is 41.3. The molecular weight excluding hydrogens is 751 g/mol. The van der Waals surface area contributed by atoms with Gasteiger partial charge in [0.1, 0.15) is 0 Å². The fourth-order valence-electron chi connectivity index (χ4n) is 9.85. The molecule has 1 aromatic heterocycles. The van der Waals surface area contributed by atoms with Gasteiger partial charge in [0.05, 0.1) is 16.9 Å². The summed E-state index contributed by atoms with van der Waals surface area (Å²) in [5.74, 6) is 0. The highest BCUT2D eigenvalue weighted by Gasteiger charge is 2.20. The molecule has 0 fully saturated rings. The summed E-state index contributed by atoms with van der Waals surface area (Å²) in [5.41, 5.74) is 9.68. The number of fused-ring (bicyclic) bond motifs is 13. The highest BCUT2D eigenvalue weighted by Crippen LogP contribution is 2.44. The second-order valence-electron chi connectivity index (χ2n) is 16.1. The van der Waals surface area contributed by atoms with E-state index in [1.807, 2.05) is 24.4 Å². The number of nitrogens with zero attached hydrogens (tertiary/aromatic N) is 2. The van der Waals surface area contributed by atoms with E-state index >= 15 is 0 Å². The van der Waals surface area contributed by atoms with Crippen LogP contribution >= 0.6 is 0 Å². The molecule has 0 saturated carbocycles. The summed E-state index contributed by atoms with van der Waals surface area (Å²) in [7, 11) is 0. The summed E-state index contributed by atoms with van der Waals surface area (Å²) in [6.07, 6.45) is 1.84. The maximum Gasteiger partial charge on any atom is 0.0795 e. The fraction of sp³-hybridized carbons (Fsp3) is 0. The van der Waals surface area contributed by atoms with Gasteiger partial charge in [0.15, 0.2) is 0 Å². The van der Waals surface area contributed by atoms with Crippen LogP contribution in [0, 0.1) is 5.41 Å². The fourth-order valence-corrected chi connectivity index (χ4v) is 9.85. The van der Waals surface area contributed by atoms with Gasteiger partial charge in [0.2, 0.25) is 0 Å². The van der Waals surface area contributed by atoms with Crippen molar-refractivity contribution < 1.29 is 0 Å². The van der Waals surface area contributed by atoms with Crippen LogP contribution in [0.3, 0.4) is 0 Å². The average molecular weight is 788 g/mol. The quantitative estimate of drug-likeness (QED) is 0.132. The first-order valence-corrected chi connectivity index (χ1v) is 21.0. The van der Waals surface area contributed by atoms with Crippen molar-refractivity contribution in [2.45, 2.75) is 0 Å². The molecule has 62 heavy (non-hydrogen) atoms. The van der Waals surface area contributed by atoms with Gasteiger partial charge in [-0.1, -0.05) is 170 Å². The lowest BCUT2D eigenvalue weighted by Crippen LogP contribution is -2.03. The molecule has 0 aliphatic rings. The first-order valence-electron chi connectivity index (χ1n) is 21.0. The summed E-state index contributed by atoms with van der Waals surface area (Å²) in [6, 6.07) is 71.3. The summed E-state index contributed by atoms with van der Waals surface area (Å²) in [6.45, 7) is 4.14. The van der Waals surface area contributed by atoms with Crippen LogP contribution in [0.15, 0.2) is 211 Å². The molecule has 0 aliphatic heterocycles. The van der Waals surface area contributed by atoms with Crippen LogP contribution in [0.2, 0.25) is 0 Å². The van der Waals surface area contributed by atoms with Gasteiger partial charge in [-0.3, -0.25) is 15.4 Å². The smallest absolute Gasteiger partial charge is 0.0795 e. The van der Waals surface area contributed by atoms with Crippen molar-refractivity contribution in [3.63, 3.8) is 0 Å². The van der Waals surface area contributed by atoms with Crippen molar-refractivity contribution in [2.75, 3.05) is 0 Å². The minimum absolute atomic E-state index is 0.382. The van der Waals surface area contributed by atoms with E-state index < -0.39 is 0 Å². The van der Waals surface area contributed by atoms with Crippen LogP contribution in [0.25, 0.3) is 109 Å². The second kappa shape index (κ2) is 14.2. The van der Waals surface area contributed by atoms with Gasteiger partial charge in [0.25, 0.3) is 0 Å². The second-order valence-corrected chi connectivity index (χ2v) is 16.1. The summed E-state index contributed by atoms with van der Waals surface area (Å²) < 4.78 is 0. The number of nitrogens with one attached hydrogen (secondary N) is 1. The number of benzene rings is 11. The van der Waals surface area contributed by atoms with E-state index in [9.17, 15) is 5.41 Å². The average Bonchev–Trinajstić information content (AvgIpc) is 3.35. The number of rotatable bonds is 6. The standard InChI is InChI=1S/C59H37N3/c1-61-59-53(40-28-30-52-48-19-5-3-15-44(48)46-17-7-9-21-50(46)55(52)33-40)34-41(39-27-29-51-47-18-4-2-14-43(47)45-16-6-8-20-49(45)54(51)32-39)35-56(59)57(60)37-25-23-36(24-26-37)42-22-10-12-38-13-11-31-62-58(38)42/h2-35,60H,1H2. The summed E-state index contributed by atoms with van der Waals surface area (Å²) in [4.78, 5) is 9.45. The zero-order valence-corrected chi connectivity index (χ0v) is 33.7. The lowest BCUT2D eigenvalue weighted by molar-refractivity contribution is 1.41. The van der Waals surface area contributed by atoms with E-state index in [0.717, 1.165) is 55.4 Å². The predicted molar refractivity (Wildman–Crippen MR) is 265 cm³/mol. The third kappa shape index (κ3) is 5.56. The Morgan fingerprint density at radius 3 is 1.40 bits per heavy atom. The number of aromatic nitrogens is 1. The third-order valence-electron chi connectivity index (χ3n) is 12.8. The molecule has 12 rings (SSSR count). The van der Waals surface area contributed by atoms with Crippen LogP contribution in [-0.2, 0) is 0 Å². The summed E-state index contributed by atoms with van der Waals surface area (Å²) >= 11 is 0. The Hall–Kier alpha value is -8.27. The van der Waals surface area contributed by atoms with Crippen molar-refractivity contribution in [1.29, 1.82) is 5.41 Å². The molecule has 0 unspecified atom stereocenters. The molecule has 3 nitrogen and oxygen atoms in total. The Kier molecular flexibility index (Phi) is 8.16. The number of para-hydroxylation sites is 1. The monoisotopic (exact) mass is 787 g/mol. The van der Waals surface area contributed by atoms with Crippen molar-refractivity contribution >= 4 is 93.7 Å². The van der Waals surface area contributed by atoms with Crippen LogP contribution in [0.5, 0.6) is 0 Å². The lowest BCUT2D eigenvalue weighted by atomic mass is 9.87. The SMILES string of the molecule is C=Nc1c(C(=N)c2ccc(-c3cccc4cccnc34)cc2)cc(-c2ccc3c4ccccc4c4ccccc4c3c2)cc1-c1ccc2c3ccccc3c3ccccc3c2c1. The highest BCUT2D eigenvalue weighted by molar-refractivity contribution is 6.27. The van der Waals surface area contributed by atoms with Crippen molar-refractivity contribution in [2.24, 2.45) is 4.99 Å². The Balaban J connectivity index is 1.08. The largest absolute Gasteiger partial charge is 0.300 e. The Labute approximate surface area is 358 Å². The van der Waals surface area contributed by atoms with Crippen LogP contribution in [0.1, 0.15) is 11.1 Å².